The minimum Gasteiger partial charge on any atom is -0.456 e. The highest BCUT2D eigenvalue weighted by molar-refractivity contribution is 6.12. The number of nitrogens with zero attached hydrogens (tertiary/aromatic N) is 3. The highest BCUT2D eigenvalue weighted by Crippen LogP contribution is 2.38. The molecule has 7 aromatic carbocycles. The van der Waals surface area contributed by atoms with Gasteiger partial charge in [0, 0.05) is 27.5 Å². The van der Waals surface area contributed by atoms with E-state index >= 15 is 0 Å². The van der Waals surface area contributed by atoms with Crippen molar-refractivity contribution in [1.29, 1.82) is 0 Å². The van der Waals surface area contributed by atoms with Crippen LogP contribution in [0.3, 0.4) is 0 Å². The van der Waals surface area contributed by atoms with Gasteiger partial charge in [0.05, 0.1) is 13.7 Å². The molecular weight excluding hydrogens is 599 g/mol. The van der Waals surface area contributed by atoms with Gasteiger partial charge in [-0.15, -0.1) is 0 Å². The van der Waals surface area contributed by atoms with Gasteiger partial charge < -0.3 is 4.42 Å². The number of rotatable bonds is 6. The monoisotopic (exact) mass is 637 g/mol. The fraction of sp³-hybridized carbons (Fsp3) is 0. The van der Waals surface area contributed by atoms with Crippen LogP contribution in [0.1, 0.15) is 13.7 Å². The van der Waals surface area contributed by atoms with E-state index in [1.807, 2.05) is 36.4 Å². The van der Waals surface area contributed by atoms with Gasteiger partial charge in [-0.05, 0) is 51.6 Å². The summed E-state index contributed by atoms with van der Waals surface area (Å²) in [6.07, 6.45) is 0. The van der Waals surface area contributed by atoms with Gasteiger partial charge in [-0.25, -0.2) is 15.0 Å². The molecule has 0 aliphatic rings. The van der Waals surface area contributed by atoms with E-state index in [2.05, 4.69) is 75.6 Å². The minimum absolute atomic E-state index is 0.0339. The van der Waals surface area contributed by atoms with Crippen molar-refractivity contribution < 1.29 is 18.1 Å². The largest absolute Gasteiger partial charge is 0.456 e. The lowest BCUT2D eigenvalue weighted by molar-refractivity contribution is 0.669. The highest BCUT2D eigenvalue weighted by atomic mass is 16.3. The maximum atomic E-state index is 8.66. The van der Waals surface area contributed by atoms with E-state index in [4.69, 9.17) is 18.1 Å². The normalized spacial score (nSPS) is 14.1. The van der Waals surface area contributed by atoms with Crippen LogP contribution in [-0.2, 0) is 0 Å². The zero-order chi connectivity index (χ0) is 41.3. The van der Waals surface area contributed by atoms with E-state index in [9.17, 15) is 0 Å². The van der Waals surface area contributed by atoms with Crippen LogP contribution in [0.2, 0.25) is 0 Å². The summed E-state index contributed by atoms with van der Waals surface area (Å²) in [6.45, 7) is 0. The third-order valence-electron chi connectivity index (χ3n) is 8.36. The Balaban J connectivity index is 1.16. The smallest absolute Gasteiger partial charge is 0.164 e. The molecule has 0 spiro atoms. The van der Waals surface area contributed by atoms with Gasteiger partial charge in [0.1, 0.15) is 11.2 Å². The van der Waals surface area contributed by atoms with Crippen molar-refractivity contribution in [2.75, 3.05) is 0 Å². The molecule has 230 valence electrons. The Morgan fingerprint density at radius 1 is 0.388 bits per heavy atom. The molecule has 4 heteroatoms. The molecule has 0 radical (unpaired) electrons. The lowest BCUT2D eigenvalue weighted by atomic mass is 9.97. The van der Waals surface area contributed by atoms with Crippen LogP contribution in [0, 0.1) is 0 Å². The summed E-state index contributed by atoms with van der Waals surface area (Å²) in [5, 5.41) is 1.32. The Kier molecular flexibility index (Phi) is 4.94. The first kappa shape index (κ1) is 19.9. The summed E-state index contributed by atoms with van der Waals surface area (Å²) in [4.78, 5) is 13.7. The Hall–Kier alpha value is -6.65. The summed E-state index contributed by atoms with van der Waals surface area (Å²) in [6, 6.07) is 32.1. The minimum atomic E-state index is -0.613. The molecule has 2 aromatic heterocycles. The van der Waals surface area contributed by atoms with Crippen molar-refractivity contribution in [3.8, 4) is 67.5 Å². The molecule has 4 nitrogen and oxygen atoms in total. The van der Waals surface area contributed by atoms with E-state index < -0.39 is 60.4 Å². The van der Waals surface area contributed by atoms with E-state index in [1.54, 1.807) is 18.2 Å². The van der Waals surface area contributed by atoms with Gasteiger partial charge in [0.25, 0.3) is 0 Å². The van der Waals surface area contributed by atoms with E-state index in [0.717, 1.165) is 33.4 Å². The predicted molar refractivity (Wildman–Crippen MR) is 200 cm³/mol. The summed E-state index contributed by atoms with van der Waals surface area (Å²) in [7, 11) is 0. The maximum absolute atomic E-state index is 8.66. The molecule has 2 heterocycles. The van der Waals surface area contributed by atoms with Crippen LogP contribution < -0.4 is 0 Å². The average Bonchev–Trinajstić information content (AvgIpc) is 3.65. The molecule has 0 atom stereocenters. The Bertz CT molecular complexity index is 3010. The lowest BCUT2D eigenvalue weighted by Crippen LogP contribution is -2.00. The topological polar surface area (TPSA) is 51.8 Å². The fourth-order valence-corrected chi connectivity index (χ4v) is 5.98. The number of furan rings is 1. The second-order valence-electron chi connectivity index (χ2n) is 11.3. The van der Waals surface area contributed by atoms with Gasteiger partial charge in [-0.1, -0.05) is 157 Å². The second kappa shape index (κ2) is 12.2. The van der Waals surface area contributed by atoms with E-state index in [-0.39, 0.29) is 28.6 Å². The summed E-state index contributed by atoms with van der Waals surface area (Å²) in [5.41, 5.74) is 7.16. The highest BCUT2D eigenvalue weighted by Gasteiger charge is 2.18. The first-order valence-electron chi connectivity index (χ1n) is 20.5. The third kappa shape index (κ3) is 5.45. The Morgan fingerprint density at radius 2 is 0.878 bits per heavy atom. The van der Waals surface area contributed by atoms with Crippen molar-refractivity contribution in [2.24, 2.45) is 0 Å². The molecule has 0 saturated carbocycles. The maximum Gasteiger partial charge on any atom is 0.164 e. The Morgan fingerprint density at radius 3 is 1.45 bits per heavy atom. The molecule has 0 unspecified atom stereocenters. The van der Waals surface area contributed by atoms with Crippen molar-refractivity contribution >= 4 is 21.9 Å². The van der Waals surface area contributed by atoms with Gasteiger partial charge in [-0.2, -0.15) is 0 Å². The first-order valence-corrected chi connectivity index (χ1v) is 15.5. The van der Waals surface area contributed by atoms with Crippen LogP contribution in [0.5, 0.6) is 0 Å². The molecule has 0 fully saturated rings. The molecule has 0 bridgehead atoms. The third-order valence-corrected chi connectivity index (χ3v) is 8.36. The average molecular weight is 638 g/mol. The van der Waals surface area contributed by atoms with Crippen LogP contribution in [0.4, 0.5) is 0 Å². The van der Waals surface area contributed by atoms with Crippen LogP contribution in [0.15, 0.2) is 180 Å². The van der Waals surface area contributed by atoms with Crippen molar-refractivity contribution in [3.05, 3.63) is 176 Å². The van der Waals surface area contributed by atoms with Gasteiger partial charge in [0.15, 0.2) is 17.5 Å². The first-order chi connectivity index (χ1) is 28.4. The van der Waals surface area contributed by atoms with Gasteiger partial charge >= 0.3 is 0 Å². The summed E-state index contributed by atoms with van der Waals surface area (Å²) >= 11 is 0. The number of aromatic nitrogens is 3. The summed E-state index contributed by atoms with van der Waals surface area (Å²) < 4.78 is 90.4. The number of hydrogen-bond donors (Lipinski definition) is 0. The standard InChI is InChI=1S/C45H29N3O/c1-4-11-30(12-5-1)31-19-21-32(22-20-31)33-23-25-34(26-24-33)37-27-28-38-41(29-37)49-40-18-10-17-39(42(38)40)45-47-43(35-13-6-2-7-14-35)46-44(48-45)36-15-8-3-9-16-36/h1-29H/i2D,3D,6D,7D,8D,9D,13D,14D,15D,16D. The van der Waals surface area contributed by atoms with Crippen molar-refractivity contribution in [3.63, 3.8) is 0 Å². The Labute approximate surface area is 298 Å². The molecule has 0 amide bonds. The van der Waals surface area contributed by atoms with Gasteiger partial charge in [-0.3, -0.25) is 0 Å². The van der Waals surface area contributed by atoms with Crippen LogP contribution >= 0.6 is 0 Å². The fourth-order valence-electron chi connectivity index (χ4n) is 5.98. The number of hydrogen-bond acceptors (Lipinski definition) is 4. The molecule has 0 aliphatic carbocycles. The lowest BCUT2D eigenvalue weighted by Gasteiger charge is -2.09. The molecule has 0 saturated heterocycles. The molecule has 0 N–H and O–H groups in total. The van der Waals surface area contributed by atoms with Crippen molar-refractivity contribution in [2.45, 2.75) is 0 Å². The molecule has 49 heavy (non-hydrogen) atoms. The zero-order valence-corrected chi connectivity index (χ0v) is 25.7. The molecule has 9 rings (SSSR count). The van der Waals surface area contributed by atoms with E-state index in [1.165, 1.54) is 0 Å². The quantitative estimate of drug-likeness (QED) is 0.182. The molecule has 9 aromatic rings. The van der Waals surface area contributed by atoms with E-state index in [0.29, 0.717) is 27.5 Å². The SMILES string of the molecule is [2H]c1c([2H])c([2H])c(-c2nc(-c3c([2H])c([2H])c([2H])c([2H])c3[2H])nc(-c3cccc4oc5cc(-c6ccc(-c7ccc(-c8ccccc8)cc7)cc6)ccc5c34)n2)c([2H])c1[2H]. The van der Waals surface area contributed by atoms with Crippen LogP contribution in [0.25, 0.3) is 89.5 Å². The molecular formula is C45H29N3O. The molecule has 0 aliphatic heterocycles. The second-order valence-corrected chi connectivity index (χ2v) is 11.3. The zero-order valence-electron chi connectivity index (χ0n) is 35.7. The van der Waals surface area contributed by atoms with Gasteiger partial charge in [0.2, 0.25) is 0 Å². The predicted octanol–water partition coefficient (Wildman–Crippen LogP) is 11.8. The summed E-state index contributed by atoms with van der Waals surface area (Å²) in [5.74, 6) is -0.707. The number of fused-ring (bicyclic) bond motifs is 3. The van der Waals surface area contributed by atoms with Crippen LogP contribution in [-0.4, -0.2) is 15.0 Å². The van der Waals surface area contributed by atoms with Crippen molar-refractivity contribution in [1.82, 2.24) is 15.0 Å². The number of benzene rings is 7.